The lowest BCUT2D eigenvalue weighted by Crippen LogP contribution is -2.48. The van der Waals surface area contributed by atoms with Crippen molar-refractivity contribution in [1.82, 2.24) is 0 Å². The Bertz CT molecular complexity index is 776. The smallest absolute Gasteiger partial charge is 0.231 e. The van der Waals surface area contributed by atoms with Crippen molar-refractivity contribution in [3.05, 3.63) is 58.9 Å². The number of aromatic nitrogens is 1. The molecule has 2 aromatic rings. The van der Waals surface area contributed by atoms with E-state index in [9.17, 15) is 13.0 Å². The highest BCUT2D eigenvalue weighted by atomic mass is 32.2. The molecule has 26 heavy (non-hydrogen) atoms. The van der Waals surface area contributed by atoms with Crippen LogP contribution in [-0.2, 0) is 10.1 Å². The fourth-order valence-corrected chi connectivity index (χ4v) is 2.98. The number of rotatable bonds is 6. The van der Waals surface area contributed by atoms with Crippen molar-refractivity contribution in [2.45, 2.75) is 58.8 Å². The van der Waals surface area contributed by atoms with E-state index in [-0.39, 0.29) is 4.90 Å². The quantitative estimate of drug-likeness (QED) is 0.438. The van der Waals surface area contributed by atoms with Gasteiger partial charge in [0.05, 0.1) is 4.90 Å². The molecule has 0 spiro atoms. The maximum absolute atomic E-state index is 10.4. The maximum atomic E-state index is 10.4. The van der Waals surface area contributed by atoms with Gasteiger partial charge in [-0.05, 0) is 38.0 Å². The van der Waals surface area contributed by atoms with Gasteiger partial charge in [0.15, 0.2) is 6.61 Å². The van der Waals surface area contributed by atoms with E-state index in [1.807, 2.05) is 11.7 Å². The summed E-state index contributed by atoms with van der Waals surface area (Å²) in [6, 6.07) is 10.1. The number of hydrogen-bond acceptors (Lipinski definition) is 4. The average Bonchev–Trinajstić information content (AvgIpc) is 2.53. The van der Waals surface area contributed by atoms with E-state index in [4.69, 9.17) is 4.84 Å². The third kappa shape index (κ3) is 7.54. The van der Waals surface area contributed by atoms with E-state index in [0.29, 0.717) is 0 Å². The summed E-state index contributed by atoms with van der Waals surface area (Å²) in [6.07, 6.45) is 3.61. The zero-order valence-electron chi connectivity index (χ0n) is 16.3. The molecular weight excluding hydrogens is 350 g/mol. The molecule has 0 radical (unpaired) electrons. The highest BCUT2D eigenvalue weighted by molar-refractivity contribution is 7.85. The number of hydrogen-bond donors (Lipinski definition) is 0. The Morgan fingerprint density at radius 2 is 1.46 bits per heavy atom. The predicted octanol–water partition coefficient (Wildman–Crippen LogP) is 3.42. The largest absolute Gasteiger partial charge is 0.744 e. The zero-order chi connectivity index (χ0) is 19.7. The van der Waals surface area contributed by atoms with E-state index >= 15 is 0 Å². The van der Waals surface area contributed by atoms with Crippen LogP contribution in [0.4, 0.5) is 0 Å². The normalized spacial score (nSPS) is 10.8. The van der Waals surface area contributed by atoms with Crippen molar-refractivity contribution < 1.29 is 22.5 Å². The first-order valence-electron chi connectivity index (χ1n) is 8.81. The molecule has 144 valence electrons. The number of unbranched alkanes of at least 4 members (excludes halogenated alkanes) is 2. The summed E-state index contributed by atoms with van der Waals surface area (Å²) in [5.41, 5.74) is 4.56. The van der Waals surface area contributed by atoms with Crippen LogP contribution in [-0.4, -0.2) is 19.6 Å². The highest BCUT2D eigenvalue weighted by Crippen LogP contribution is 2.08. The van der Waals surface area contributed by atoms with Crippen molar-refractivity contribution in [1.29, 1.82) is 0 Å². The van der Waals surface area contributed by atoms with Crippen molar-refractivity contribution >= 4 is 10.1 Å². The average molecular weight is 380 g/mol. The van der Waals surface area contributed by atoms with Gasteiger partial charge in [-0.2, -0.15) is 0 Å². The number of aryl methyl sites for hydroxylation is 4. The SMILES string of the molecule is CCCCCO[n+]1c(C)cc(C)cc1C.Cc1ccc(S(=O)(=O)[O-])cc1. The molecule has 0 N–H and O–H groups in total. The Morgan fingerprint density at radius 1 is 0.923 bits per heavy atom. The summed E-state index contributed by atoms with van der Waals surface area (Å²) in [5, 5.41) is 0. The van der Waals surface area contributed by atoms with Crippen LogP contribution in [0.3, 0.4) is 0 Å². The summed E-state index contributed by atoms with van der Waals surface area (Å²) >= 11 is 0. The molecule has 1 heterocycles. The Morgan fingerprint density at radius 3 is 1.92 bits per heavy atom. The van der Waals surface area contributed by atoms with Gasteiger partial charge in [0.1, 0.15) is 10.1 Å². The third-order valence-corrected chi connectivity index (χ3v) is 4.64. The molecule has 0 fully saturated rings. The fourth-order valence-electron chi connectivity index (χ4n) is 2.51. The monoisotopic (exact) mass is 379 g/mol. The summed E-state index contributed by atoms with van der Waals surface area (Å²) < 4.78 is 33.1. The Labute approximate surface area is 157 Å². The summed E-state index contributed by atoms with van der Waals surface area (Å²) in [7, 11) is -4.27. The maximum Gasteiger partial charge on any atom is 0.231 e. The van der Waals surface area contributed by atoms with Crippen LogP contribution in [0.1, 0.15) is 48.7 Å². The van der Waals surface area contributed by atoms with E-state index < -0.39 is 10.1 Å². The Kier molecular flexibility index (Phi) is 8.75. The topological polar surface area (TPSA) is 70.3 Å². The van der Waals surface area contributed by atoms with Crippen LogP contribution in [0.25, 0.3) is 0 Å². The molecule has 0 saturated heterocycles. The van der Waals surface area contributed by atoms with Gasteiger partial charge in [0.2, 0.25) is 11.4 Å². The fraction of sp³-hybridized carbons (Fsp3) is 0.450. The minimum absolute atomic E-state index is 0.178. The lowest BCUT2D eigenvalue weighted by Gasteiger charge is -2.05. The third-order valence-electron chi connectivity index (χ3n) is 3.79. The van der Waals surface area contributed by atoms with Crippen LogP contribution in [0.2, 0.25) is 0 Å². The molecule has 0 unspecified atom stereocenters. The van der Waals surface area contributed by atoms with E-state index in [1.165, 1.54) is 41.9 Å². The number of nitrogens with zero attached hydrogens (tertiary/aromatic N) is 1. The highest BCUT2D eigenvalue weighted by Gasteiger charge is 2.12. The first-order valence-corrected chi connectivity index (χ1v) is 10.2. The van der Waals surface area contributed by atoms with Gasteiger partial charge >= 0.3 is 0 Å². The molecule has 0 saturated carbocycles. The molecule has 6 heteroatoms. The molecule has 0 amide bonds. The van der Waals surface area contributed by atoms with Gasteiger partial charge in [-0.3, -0.25) is 4.84 Å². The second-order valence-electron chi connectivity index (χ2n) is 6.42. The minimum Gasteiger partial charge on any atom is -0.744 e. The lowest BCUT2D eigenvalue weighted by molar-refractivity contribution is -0.899. The van der Waals surface area contributed by atoms with Crippen LogP contribution >= 0.6 is 0 Å². The van der Waals surface area contributed by atoms with Gasteiger partial charge in [0, 0.05) is 30.7 Å². The van der Waals surface area contributed by atoms with Gasteiger partial charge < -0.3 is 4.55 Å². The number of pyridine rings is 1. The standard InChI is InChI=1S/C13H22NO.C7H8O3S/c1-5-6-7-8-15-14-12(3)9-11(2)10-13(14)4;1-6-2-4-7(5-3-6)11(8,9)10/h9-10H,5-8H2,1-4H3;2-5H,1H3,(H,8,9,10)/q+1;/p-1. The van der Waals surface area contributed by atoms with Crippen molar-refractivity contribution in [3.8, 4) is 0 Å². The molecular formula is C20H29NO4S. The molecule has 0 bridgehead atoms. The van der Waals surface area contributed by atoms with Crippen LogP contribution in [0.5, 0.6) is 0 Å². The van der Waals surface area contributed by atoms with Crippen LogP contribution in [0.15, 0.2) is 41.3 Å². The van der Waals surface area contributed by atoms with Gasteiger partial charge in [-0.1, -0.05) is 37.5 Å². The Hall–Kier alpha value is -1.92. The summed E-state index contributed by atoms with van der Waals surface area (Å²) in [4.78, 5) is 5.56. The second-order valence-corrected chi connectivity index (χ2v) is 7.80. The van der Waals surface area contributed by atoms with Crippen molar-refractivity contribution in [2.24, 2.45) is 0 Å². The van der Waals surface area contributed by atoms with Crippen molar-refractivity contribution in [2.75, 3.05) is 6.61 Å². The molecule has 0 aliphatic carbocycles. The van der Waals surface area contributed by atoms with Gasteiger partial charge in [0.25, 0.3) is 0 Å². The predicted molar refractivity (Wildman–Crippen MR) is 101 cm³/mol. The number of benzene rings is 1. The zero-order valence-corrected chi connectivity index (χ0v) is 17.1. The van der Waals surface area contributed by atoms with Gasteiger partial charge in [-0.15, -0.1) is 0 Å². The molecule has 0 aliphatic rings. The lowest BCUT2D eigenvalue weighted by atomic mass is 10.2. The Balaban J connectivity index is 0.000000273. The minimum atomic E-state index is -4.27. The molecule has 1 aromatic carbocycles. The molecule has 1 aromatic heterocycles. The molecule has 2 rings (SSSR count). The van der Waals surface area contributed by atoms with Crippen LogP contribution in [0, 0.1) is 27.7 Å². The summed E-state index contributed by atoms with van der Waals surface area (Å²) in [5.74, 6) is 0. The molecule has 5 nitrogen and oxygen atoms in total. The second kappa shape index (κ2) is 10.3. The summed E-state index contributed by atoms with van der Waals surface area (Å²) in [6.45, 7) is 11.1. The van der Waals surface area contributed by atoms with E-state index in [2.05, 4.69) is 39.8 Å². The first-order chi connectivity index (χ1) is 12.1. The molecule has 0 aliphatic heterocycles. The van der Waals surface area contributed by atoms with Crippen molar-refractivity contribution in [3.63, 3.8) is 0 Å². The molecule has 0 atom stereocenters. The van der Waals surface area contributed by atoms with Gasteiger partial charge in [-0.25, -0.2) is 8.42 Å². The van der Waals surface area contributed by atoms with E-state index in [1.54, 1.807) is 12.1 Å². The van der Waals surface area contributed by atoms with E-state index in [0.717, 1.165) is 18.6 Å². The first kappa shape index (κ1) is 22.1. The van der Waals surface area contributed by atoms with Crippen LogP contribution < -0.4 is 9.57 Å².